The zero-order chi connectivity index (χ0) is 15.7. The molecule has 1 aromatic heterocycles. The Hall–Kier alpha value is -2.40. The number of hydrogen-bond donors (Lipinski definition) is 0. The van der Waals surface area contributed by atoms with Gasteiger partial charge in [0.05, 0.1) is 10.6 Å². The lowest BCUT2D eigenvalue weighted by Crippen LogP contribution is -2.28. The molecule has 0 unspecified atom stereocenters. The van der Waals surface area contributed by atoms with Gasteiger partial charge in [-0.3, -0.25) is 14.6 Å². The summed E-state index contributed by atoms with van der Waals surface area (Å²) in [5, 5.41) is -0.271. The Morgan fingerprint density at radius 1 is 1.18 bits per heavy atom. The van der Waals surface area contributed by atoms with E-state index in [1.165, 1.54) is 4.90 Å². The van der Waals surface area contributed by atoms with Gasteiger partial charge in [0.1, 0.15) is 0 Å². The number of imide groups is 1. The second-order valence-electron chi connectivity index (χ2n) is 5.09. The highest BCUT2D eigenvalue weighted by atomic mass is 32.2. The molecular formula is C17H14N2O2S. The smallest absolute Gasteiger partial charge is 0.268 e. The lowest BCUT2D eigenvalue weighted by molar-refractivity contribution is -0.113. The van der Waals surface area contributed by atoms with Crippen LogP contribution in [0, 0.1) is 13.8 Å². The van der Waals surface area contributed by atoms with Gasteiger partial charge >= 0.3 is 0 Å². The zero-order valence-corrected chi connectivity index (χ0v) is 13.1. The van der Waals surface area contributed by atoms with E-state index < -0.39 is 0 Å². The van der Waals surface area contributed by atoms with Crippen molar-refractivity contribution < 1.29 is 9.59 Å². The molecule has 0 N–H and O–H groups in total. The molecule has 4 nitrogen and oxygen atoms in total. The summed E-state index contributed by atoms with van der Waals surface area (Å²) in [6.07, 6.45) is 5.02. The third-order valence-corrected chi connectivity index (χ3v) is 4.24. The Morgan fingerprint density at radius 2 is 2.00 bits per heavy atom. The first kappa shape index (κ1) is 14.5. The molecule has 1 aromatic carbocycles. The van der Waals surface area contributed by atoms with Crippen LogP contribution in [0.4, 0.5) is 10.5 Å². The van der Waals surface area contributed by atoms with E-state index in [9.17, 15) is 9.59 Å². The summed E-state index contributed by atoms with van der Waals surface area (Å²) in [6, 6.07) is 9.31. The van der Waals surface area contributed by atoms with E-state index in [1.54, 1.807) is 24.5 Å². The van der Waals surface area contributed by atoms with Gasteiger partial charge in [-0.2, -0.15) is 0 Å². The summed E-state index contributed by atoms with van der Waals surface area (Å²) in [5.74, 6) is -0.286. The topological polar surface area (TPSA) is 50.3 Å². The van der Waals surface area contributed by atoms with Crippen LogP contribution < -0.4 is 4.90 Å². The summed E-state index contributed by atoms with van der Waals surface area (Å²) < 4.78 is 0. The summed E-state index contributed by atoms with van der Waals surface area (Å²) in [6.45, 7) is 3.88. The van der Waals surface area contributed by atoms with Crippen molar-refractivity contribution in [3.63, 3.8) is 0 Å². The molecule has 1 aliphatic rings. The molecule has 1 saturated heterocycles. The first-order chi connectivity index (χ1) is 10.6. The molecule has 2 aromatic rings. The minimum absolute atomic E-state index is 0.271. The fourth-order valence-corrected chi connectivity index (χ4v) is 3.18. The molecule has 2 heterocycles. The SMILES string of the molecule is Cc1ccc(N2C(=O)S/C(=C\c3cccnc3)C2=O)c(C)c1. The average molecular weight is 310 g/mol. The van der Waals surface area contributed by atoms with E-state index >= 15 is 0 Å². The third kappa shape index (κ3) is 2.67. The Kier molecular flexibility index (Phi) is 3.81. The van der Waals surface area contributed by atoms with Crippen LogP contribution in [0.3, 0.4) is 0 Å². The molecule has 0 bridgehead atoms. The number of nitrogens with zero attached hydrogens (tertiary/aromatic N) is 2. The Balaban J connectivity index is 1.97. The lowest BCUT2D eigenvalue weighted by Gasteiger charge is -2.15. The normalized spacial score (nSPS) is 16.6. The summed E-state index contributed by atoms with van der Waals surface area (Å²) in [5.41, 5.74) is 3.44. The molecule has 110 valence electrons. The number of pyridine rings is 1. The lowest BCUT2D eigenvalue weighted by atomic mass is 10.1. The standard InChI is InChI=1S/C17H14N2O2S/c1-11-5-6-14(12(2)8-11)19-16(20)15(22-17(19)21)9-13-4-3-7-18-10-13/h3-10H,1-2H3/b15-9-. The van der Waals surface area contributed by atoms with Crippen molar-refractivity contribution in [3.8, 4) is 0 Å². The molecule has 2 amide bonds. The highest BCUT2D eigenvalue weighted by Gasteiger charge is 2.36. The van der Waals surface area contributed by atoms with Crippen molar-refractivity contribution in [3.05, 3.63) is 64.3 Å². The van der Waals surface area contributed by atoms with Crippen LogP contribution in [0.15, 0.2) is 47.6 Å². The second kappa shape index (κ2) is 5.77. The number of carbonyl (C=O) groups is 2. The van der Waals surface area contributed by atoms with Gasteiger partial charge in [0, 0.05) is 12.4 Å². The number of amides is 2. The van der Waals surface area contributed by atoms with E-state index in [0.717, 1.165) is 28.5 Å². The maximum Gasteiger partial charge on any atom is 0.298 e. The van der Waals surface area contributed by atoms with E-state index in [0.29, 0.717) is 10.6 Å². The number of anilines is 1. The molecule has 0 aliphatic carbocycles. The Bertz CT molecular complexity index is 785. The molecule has 0 spiro atoms. The summed E-state index contributed by atoms with van der Waals surface area (Å²) in [7, 11) is 0. The van der Waals surface area contributed by atoms with Crippen molar-refractivity contribution >= 4 is 34.7 Å². The van der Waals surface area contributed by atoms with Crippen LogP contribution in [0.5, 0.6) is 0 Å². The first-order valence-corrected chi connectivity index (χ1v) is 7.63. The third-order valence-electron chi connectivity index (χ3n) is 3.37. The van der Waals surface area contributed by atoms with E-state index in [1.807, 2.05) is 38.1 Å². The maximum atomic E-state index is 12.6. The number of aryl methyl sites for hydroxylation is 2. The Labute approximate surface area is 132 Å². The molecule has 3 rings (SSSR count). The predicted molar refractivity (Wildman–Crippen MR) is 88.6 cm³/mol. The number of aromatic nitrogens is 1. The number of hydrogen-bond acceptors (Lipinski definition) is 4. The number of carbonyl (C=O) groups excluding carboxylic acids is 2. The summed E-state index contributed by atoms with van der Waals surface area (Å²) in [4.78, 5) is 30.4. The van der Waals surface area contributed by atoms with Crippen LogP contribution >= 0.6 is 11.8 Å². The van der Waals surface area contributed by atoms with Gasteiger partial charge in [-0.25, -0.2) is 4.90 Å². The van der Waals surface area contributed by atoms with Gasteiger partial charge in [0.2, 0.25) is 0 Å². The largest absolute Gasteiger partial charge is 0.298 e. The van der Waals surface area contributed by atoms with Gasteiger partial charge in [-0.05, 0) is 54.9 Å². The van der Waals surface area contributed by atoms with Crippen LogP contribution in [-0.2, 0) is 4.79 Å². The fourth-order valence-electron chi connectivity index (χ4n) is 2.34. The van der Waals surface area contributed by atoms with Crippen molar-refractivity contribution in [2.24, 2.45) is 0 Å². The van der Waals surface area contributed by atoms with Crippen LogP contribution in [0.25, 0.3) is 6.08 Å². The highest BCUT2D eigenvalue weighted by Crippen LogP contribution is 2.37. The number of benzene rings is 1. The predicted octanol–water partition coefficient (Wildman–Crippen LogP) is 3.94. The molecule has 1 fully saturated rings. The fraction of sp³-hybridized carbons (Fsp3) is 0.118. The second-order valence-corrected chi connectivity index (χ2v) is 6.09. The molecule has 1 aliphatic heterocycles. The minimum atomic E-state index is -0.286. The van der Waals surface area contributed by atoms with E-state index in [4.69, 9.17) is 0 Å². The monoisotopic (exact) mass is 310 g/mol. The number of rotatable bonds is 2. The van der Waals surface area contributed by atoms with E-state index in [2.05, 4.69) is 4.98 Å². The van der Waals surface area contributed by atoms with Gasteiger partial charge in [0.15, 0.2) is 0 Å². The van der Waals surface area contributed by atoms with Crippen molar-refractivity contribution in [2.45, 2.75) is 13.8 Å². The Morgan fingerprint density at radius 3 is 2.68 bits per heavy atom. The van der Waals surface area contributed by atoms with Crippen LogP contribution in [-0.4, -0.2) is 16.1 Å². The molecule has 0 atom stereocenters. The molecule has 0 radical (unpaired) electrons. The summed E-state index contributed by atoms with van der Waals surface area (Å²) >= 11 is 0.955. The molecule has 0 saturated carbocycles. The van der Waals surface area contributed by atoms with Gasteiger partial charge in [0.25, 0.3) is 11.1 Å². The quantitative estimate of drug-likeness (QED) is 0.788. The van der Waals surface area contributed by atoms with Gasteiger partial charge in [-0.15, -0.1) is 0 Å². The van der Waals surface area contributed by atoms with Gasteiger partial charge < -0.3 is 0 Å². The van der Waals surface area contributed by atoms with Crippen LogP contribution in [0.2, 0.25) is 0 Å². The number of thioether (sulfide) groups is 1. The molecule has 5 heteroatoms. The maximum absolute atomic E-state index is 12.6. The molecule has 22 heavy (non-hydrogen) atoms. The zero-order valence-electron chi connectivity index (χ0n) is 12.2. The first-order valence-electron chi connectivity index (χ1n) is 6.81. The average Bonchev–Trinajstić information content (AvgIpc) is 2.75. The van der Waals surface area contributed by atoms with Crippen molar-refractivity contribution in [2.75, 3.05) is 4.90 Å². The van der Waals surface area contributed by atoms with Crippen molar-refractivity contribution in [1.29, 1.82) is 0 Å². The van der Waals surface area contributed by atoms with Crippen LogP contribution in [0.1, 0.15) is 16.7 Å². The highest BCUT2D eigenvalue weighted by molar-refractivity contribution is 8.19. The van der Waals surface area contributed by atoms with Gasteiger partial charge in [-0.1, -0.05) is 23.8 Å². The van der Waals surface area contributed by atoms with Crippen molar-refractivity contribution in [1.82, 2.24) is 4.98 Å². The minimum Gasteiger partial charge on any atom is -0.268 e. The van der Waals surface area contributed by atoms with E-state index in [-0.39, 0.29) is 11.1 Å². The molecular weight excluding hydrogens is 296 g/mol.